The fraction of sp³-hybridized carbons (Fsp3) is 0.487. The van der Waals surface area contributed by atoms with Crippen molar-refractivity contribution in [1.29, 1.82) is 0 Å². The van der Waals surface area contributed by atoms with Gasteiger partial charge in [-0.05, 0) is 175 Å². The molecule has 0 bridgehead atoms. The quantitative estimate of drug-likeness (QED) is 0.0192. The van der Waals surface area contributed by atoms with Crippen molar-refractivity contribution >= 4 is 82.2 Å². The molecular weight excluding hydrogens is 1600 g/mol. The van der Waals surface area contributed by atoms with Gasteiger partial charge in [-0.15, -0.1) is 0 Å². The number of H-pyrrole nitrogens is 1. The third-order valence-corrected chi connectivity index (χ3v) is 21.0. The van der Waals surface area contributed by atoms with Gasteiger partial charge in [0.15, 0.2) is 17.1 Å². The molecule has 113 heavy (non-hydrogen) atoms. The van der Waals surface area contributed by atoms with Crippen LogP contribution in [-0.2, 0) is 90.8 Å². The normalized spacial score (nSPS) is 12.2. The molecule has 0 spiro atoms. The molecule has 0 unspecified atom stereocenters. The first-order valence-corrected chi connectivity index (χ1v) is 40.6. The van der Waals surface area contributed by atoms with Crippen molar-refractivity contribution in [3.8, 4) is 0 Å². The van der Waals surface area contributed by atoms with E-state index < -0.39 is 94.7 Å². The number of benzene rings is 3. The average Bonchev–Trinajstić information content (AvgIpc) is 1.71. The Labute approximate surface area is 670 Å². The molecule has 3 aromatic carbocycles. The summed E-state index contributed by atoms with van der Waals surface area (Å²) in [7, 11) is -1.81. The minimum Gasteiger partial charge on any atom is -0.461 e. The maximum absolute atomic E-state index is 14.7. The molecule has 0 atom stereocenters. The van der Waals surface area contributed by atoms with E-state index in [0.717, 1.165) is 36.6 Å². The Bertz CT molecular complexity index is 4540. The highest BCUT2D eigenvalue weighted by Crippen LogP contribution is 2.27. The summed E-state index contributed by atoms with van der Waals surface area (Å²) in [4.78, 5) is 72.3. The molecule has 6 rings (SSSR count). The first-order chi connectivity index (χ1) is 51.9. The molecule has 6 aromatic rings. The minimum atomic E-state index is -3.57. The number of esters is 3. The summed E-state index contributed by atoms with van der Waals surface area (Å²) in [5.74, 6) is -3.26. The van der Waals surface area contributed by atoms with Crippen LogP contribution in [0, 0.1) is 20.8 Å². The SMILES string of the molecule is C.CC(C)(C)OC(=O)NC/C=C(\F)CBr.CCOC(=O)c1c(Cc2ccc(S(=O)(=O)N(C)C)cc2)c(C)nn1C/C(F)=C/CNC(=O)OC(C)(C)C.CCOC(=O)c1n[nH]c(C)c1Cc1ccc(S(=O)(=O)N(C)C)cc1.CCOC(=O)c1nn(C/C(F)=C/CNC(=O)OC(C)(C)C)c(C)c1Cc1ccc(S(=O)(=O)N(C)C)cc1. The van der Waals surface area contributed by atoms with Crippen LogP contribution < -0.4 is 16.0 Å². The summed E-state index contributed by atoms with van der Waals surface area (Å²) in [6.07, 6.45) is 2.72. The number of sulfonamides is 3. The van der Waals surface area contributed by atoms with Gasteiger partial charge < -0.3 is 44.4 Å². The number of nitrogens with zero attached hydrogens (tertiary/aromatic N) is 8. The fourth-order valence-corrected chi connectivity index (χ4v) is 12.4. The zero-order chi connectivity index (χ0) is 85.0. The van der Waals surface area contributed by atoms with Gasteiger partial charge in [-0.3, -0.25) is 14.5 Å². The number of halogens is 4. The number of rotatable bonds is 29. The van der Waals surface area contributed by atoms with Crippen molar-refractivity contribution in [3.05, 3.63) is 176 Å². The second-order valence-corrected chi connectivity index (χ2v) is 35.1. The van der Waals surface area contributed by atoms with Crippen molar-refractivity contribution < 1.29 is 95.6 Å². The lowest BCUT2D eigenvalue weighted by Gasteiger charge is -2.19. The summed E-state index contributed by atoms with van der Waals surface area (Å²) >= 11 is 2.94. The number of hydrogen-bond acceptors (Lipinski definition) is 21. The number of aromatic amines is 1. The first-order valence-electron chi connectivity index (χ1n) is 35.1. The van der Waals surface area contributed by atoms with Crippen LogP contribution in [0.2, 0.25) is 0 Å². The molecule has 0 aliphatic heterocycles. The summed E-state index contributed by atoms with van der Waals surface area (Å²) in [5, 5.41) is 22.9. The molecule has 0 aliphatic carbocycles. The molecule has 0 aliphatic rings. The van der Waals surface area contributed by atoms with E-state index in [-0.39, 0.29) is 116 Å². The Kier molecular flexibility index (Phi) is 39.7. The lowest BCUT2D eigenvalue weighted by molar-refractivity contribution is 0.0503. The Balaban J connectivity index is 0.000000537. The van der Waals surface area contributed by atoms with E-state index in [4.69, 9.17) is 28.4 Å². The van der Waals surface area contributed by atoms with Gasteiger partial charge in [0.1, 0.15) is 34.3 Å². The van der Waals surface area contributed by atoms with Crippen LogP contribution >= 0.6 is 15.9 Å². The molecule has 30 nitrogen and oxygen atoms in total. The van der Waals surface area contributed by atoms with Gasteiger partial charge >= 0.3 is 36.2 Å². The third kappa shape index (κ3) is 33.0. The maximum atomic E-state index is 14.7. The molecule has 3 heterocycles. The Morgan fingerprint density at radius 2 is 0.796 bits per heavy atom. The van der Waals surface area contributed by atoms with Crippen molar-refractivity contribution in [1.82, 2.24) is 58.6 Å². The van der Waals surface area contributed by atoms with Crippen LogP contribution in [0.4, 0.5) is 27.6 Å². The second-order valence-electron chi connectivity index (χ2n) is 28.0. The Morgan fingerprint density at radius 3 is 1.13 bits per heavy atom. The molecule has 4 N–H and O–H groups in total. The number of carbonyl (C=O) groups excluding carboxylic acids is 6. The highest BCUT2D eigenvalue weighted by atomic mass is 79.9. The molecular formula is C76H110BrF3N12O18S3. The topological polar surface area (TPSA) is 370 Å². The van der Waals surface area contributed by atoms with Crippen molar-refractivity contribution in [2.45, 2.75) is 175 Å². The monoisotopic (exact) mass is 1710 g/mol. The Hall–Kier alpha value is -9.27. The molecule has 0 fully saturated rings. The zero-order valence-electron chi connectivity index (χ0n) is 67.3. The molecule has 0 saturated heterocycles. The summed E-state index contributed by atoms with van der Waals surface area (Å²) in [6.45, 7) is 25.8. The molecule has 0 radical (unpaired) electrons. The minimum absolute atomic E-state index is 0. The molecule has 37 heteroatoms. The van der Waals surface area contributed by atoms with Crippen LogP contribution in [0.5, 0.6) is 0 Å². The highest BCUT2D eigenvalue weighted by Gasteiger charge is 2.28. The number of aryl methyl sites for hydroxylation is 2. The molecule has 0 saturated carbocycles. The van der Waals surface area contributed by atoms with E-state index in [9.17, 15) is 67.2 Å². The number of allylic oxidation sites excluding steroid dienone is 3. The number of aromatic nitrogens is 6. The van der Waals surface area contributed by atoms with Gasteiger partial charge in [0.25, 0.3) is 0 Å². The average molecular weight is 1710 g/mol. The smallest absolute Gasteiger partial charge is 0.407 e. The summed E-state index contributed by atoms with van der Waals surface area (Å²) in [5.41, 5.74) is 4.59. The van der Waals surface area contributed by atoms with Crippen LogP contribution in [0.1, 0.15) is 172 Å². The van der Waals surface area contributed by atoms with Crippen molar-refractivity contribution in [2.75, 3.05) is 87.1 Å². The predicted octanol–water partition coefficient (Wildman–Crippen LogP) is 12.3. The number of ether oxygens (including phenoxy) is 6. The van der Waals surface area contributed by atoms with Crippen LogP contribution in [0.25, 0.3) is 0 Å². The van der Waals surface area contributed by atoms with Crippen molar-refractivity contribution in [3.63, 3.8) is 0 Å². The van der Waals surface area contributed by atoms with Gasteiger partial charge in [0, 0.05) is 109 Å². The summed E-state index contributed by atoms with van der Waals surface area (Å²) < 4.78 is 152. The lowest BCUT2D eigenvalue weighted by Crippen LogP contribution is -2.32. The number of carbonyl (C=O) groups is 6. The lowest BCUT2D eigenvalue weighted by atomic mass is 10.0. The maximum Gasteiger partial charge on any atom is 0.407 e. The van der Waals surface area contributed by atoms with E-state index in [0.29, 0.717) is 28.9 Å². The number of alkyl halides is 1. The summed E-state index contributed by atoms with van der Waals surface area (Å²) in [6, 6.07) is 19.2. The van der Waals surface area contributed by atoms with Gasteiger partial charge in [-0.2, -0.15) is 15.3 Å². The van der Waals surface area contributed by atoms with E-state index in [1.165, 1.54) is 98.4 Å². The van der Waals surface area contributed by atoms with Gasteiger partial charge in [0.2, 0.25) is 30.1 Å². The van der Waals surface area contributed by atoms with E-state index in [1.807, 2.05) is 6.92 Å². The Morgan fingerprint density at radius 1 is 0.478 bits per heavy atom. The standard InChI is InChI=1S/2C25H35FN4O6S.C16H21N3O4S.C9H15BrFNO2.CH4/c1-8-35-23(31)22-21(15-18-9-11-20(12-10-18)37(33,34)29(6)7)17(2)30(28-22)16-19(26)13-14-27-24(32)36-25(3,4)5;1-8-35-23(31)22-21(15-18-9-11-20(12-10-18)37(33,34)29(6)7)17(2)28-30(22)16-19(26)13-14-27-24(32)36-25(3,4)5;1-5-23-16(20)15-14(11(2)17-18-15)10-12-6-8-13(9-7-12)24(21,22)19(3)4;1-9(2,3)14-8(13)12-5-4-7(11)6-10;/h2*9-13H,8,14-16H2,1-7H3,(H,27,32);6-9H,5,10H2,1-4H3,(H,17,18);4H,5-6H2,1-3H3,(H,12,13);1H4/b2*19-13-;;7-4-;. The molecule has 628 valence electrons. The van der Waals surface area contributed by atoms with E-state index >= 15 is 0 Å². The molecule has 3 amide bonds. The highest BCUT2D eigenvalue weighted by molar-refractivity contribution is 9.09. The van der Waals surface area contributed by atoms with Crippen LogP contribution in [0.3, 0.4) is 0 Å². The zero-order valence-corrected chi connectivity index (χ0v) is 71.3. The van der Waals surface area contributed by atoms with Gasteiger partial charge in [-0.25, -0.2) is 80.1 Å². The first kappa shape index (κ1) is 99.8. The third-order valence-electron chi connectivity index (χ3n) is 14.9. The molecule has 3 aromatic heterocycles. The number of hydrogen-bond donors (Lipinski definition) is 4. The largest absolute Gasteiger partial charge is 0.461 e. The van der Waals surface area contributed by atoms with Crippen molar-refractivity contribution in [2.24, 2.45) is 0 Å². The van der Waals surface area contributed by atoms with Crippen LogP contribution in [0.15, 0.2) is 123 Å². The van der Waals surface area contributed by atoms with E-state index in [1.54, 1.807) is 145 Å². The van der Waals surface area contributed by atoms with Gasteiger partial charge in [0.05, 0.1) is 58.6 Å². The number of nitrogens with one attached hydrogen (secondary N) is 4. The number of amides is 3. The van der Waals surface area contributed by atoms with E-state index in [2.05, 4.69) is 52.3 Å². The second kappa shape index (κ2) is 45.0. The number of alkyl carbamates (subject to hydrolysis) is 3. The fourth-order valence-electron chi connectivity index (χ4n) is 9.45. The van der Waals surface area contributed by atoms with Gasteiger partial charge in [-0.1, -0.05) is 59.8 Å². The van der Waals surface area contributed by atoms with Crippen LogP contribution in [-0.4, -0.2) is 208 Å². The predicted molar refractivity (Wildman–Crippen MR) is 426 cm³/mol.